The van der Waals surface area contributed by atoms with E-state index in [4.69, 9.17) is 9.47 Å². The van der Waals surface area contributed by atoms with E-state index in [-0.39, 0.29) is 42.5 Å². The molecule has 1 heterocycles. The van der Waals surface area contributed by atoms with Gasteiger partial charge in [0.1, 0.15) is 12.3 Å². The summed E-state index contributed by atoms with van der Waals surface area (Å²) in [5.41, 5.74) is 0. The van der Waals surface area contributed by atoms with E-state index in [0.717, 1.165) is 0 Å². The summed E-state index contributed by atoms with van der Waals surface area (Å²) in [4.78, 5) is 29.6. The highest BCUT2D eigenvalue weighted by atomic mass is 19.1. The SMILES string of the molecule is COC1CCC(C(=O)N2C[C@@H](C)N(C(=O)C3CC(OC)CCC3F)[C@H](C)C2)C(F)C1. The van der Waals surface area contributed by atoms with Crippen LogP contribution in [0.15, 0.2) is 0 Å². The molecule has 3 aliphatic rings. The van der Waals surface area contributed by atoms with Gasteiger partial charge < -0.3 is 19.3 Å². The van der Waals surface area contributed by atoms with E-state index >= 15 is 0 Å². The molecule has 8 atom stereocenters. The van der Waals surface area contributed by atoms with Crippen molar-refractivity contribution in [1.82, 2.24) is 9.80 Å². The van der Waals surface area contributed by atoms with Crippen molar-refractivity contribution in [1.29, 1.82) is 0 Å². The standard InChI is InChI=1S/C22H36F2N2O4/c1-13-11-25(21(27)17-7-5-16(30-4)10-20(17)24)12-14(2)26(13)22(28)18-9-15(29-3)6-8-19(18)23/h13-20H,5-12H2,1-4H3/t13-,14-,15?,16?,17?,18?,19?,20?/m1/s1. The summed E-state index contributed by atoms with van der Waals surface area (Å²) in [6.45, 7) is 4.46. The number of methoxy groups -OCH3 is 2. The molecule has 0 aromatic rings. The third-order valence-corrected chi connectivity index (χ3v) is 7.23. The number of ether oxygens (including phenoxy) is 2. The lowest BCUT2D eigenvalue weighted by molar-refractivity contribution is -0.156. The molecule has 6 unspecified atom stereocenters. The van der Waals surface area contributed by atoms with E-state index in [9.17, 15) is 18.4 Å². The van der Waals surface area contributed by atoms with Crippen molar-refractivity contribution in [3.05, 3.63) is 0 Å². The molecular formula is C22H36F2N2O4. The fourth-order valence-corrected chi connectivity index (χ4v) is 5.50. The predicted octanol–water partition coefficient (Wildman–Crippen LogP) is 2.74. The lowest BCUT2D eigenvalue weighted by Gasteiger charge is -2.47. The van der Waals surface area contributed by atoms with Crippen LogP contribution in [0.5, 0.6) is 0 Å². The molecule has 0 spiro atoms. The normalized spacial score (nSPS) is 40.3. The number of piperazine rings is 1. The lowest BCUT2D eigenvalue weighted by atomic mass is 9.83. The third kappa shape index (κ3) is 4.79. The third-order valence-electron chi connectivity index (χ3n) is 7.23. The molecule has 3 rings (SSSR count). The lowest BCUT2D eigenvalue weighted by Crippen LogP contribution is -2.62. The van der Waals surface area contributed by atoms with E-state index in [2.05, 4.69) is 0 Å². The van der Waals surface area contributed by atoms with Crippen molar-refractivity contribution in [2.75, 3.05) is 27.3 Å². The number of rotatable bonds is 4. The number of carbonyl (C=O) groups is 2. The molecule has 0 aromatic heterocycles. The van der Waals surface area contributed by atoms with E-state index in [1.165, 1.54) is 0 Å². The zero-order chi connectivity index (χ0) is 22.0. The number of hydrogen-bond acceptors (Lipinski definition) is 4. The molecule has 2 aliphatic carbocycles. The van der Waals surface area contributed by atoms with Gasteiger partial charge in [0.05, 0.1) is 24.0 Å². The molecule has 8 heteroatoms. The Bertz CT molecular complexity index is 610. The van der Waals surface area contributed by atoms with Crippen LogP contribution >= 0.6 is 0 Å². The van der Waals surface area contributed by atoms with Gasteiger partial charge in [0, 0.05) is 45.8 Å². The van der Waals surface area contributed by atoms with Gasteiger partial charge in [0.15, 0.2) is 0 Å². The molecule has 0 aromatic carbocycles. The first-order valence-electron chi connectivity index (χ1n) is 11.2. The molecule has 172 valence electrons. The summed E-state index contributed by atoms with van der Waals surface area (Å²) in [6, 6.07) is -0.484. The molecule has 0 N–H and O–H groups in total. The second-order valence-electron chi connectivity index (χ2n) is 9.27. The highest BCUT2D eigenvalue weighted by Crippen LogP contribution is 2.34. The molecule has 0 radical (unpaired) electrons. The molecule has 2 saturated carbocycles. The van der Waals surface area contributed by atoms with Crippen molar-refractivity contribution in [3.63, 3.8) is 0 Å². The van der Waals surface area contributed by atoms with Crippen molar-refractivity contribution >= 4 is 11.8 Å². The Morgan fingerprint density at radius 2 is 1.33 bits per heavy atom. The van der Waals surface area contributed by atoms with Crippen molar-refractivity contribution in [2.45, 2.75) is 89.0 Å². The molecule has 30 heavy (non-hydrogen) atoms. The van der Waals surface area contributed by atoms with Crippen molar-refractivity contribution in [3.8, 4) is 0 Å². The minimum atomic E-state index is -1.21. The summed E-state index contributed by atoms with van der Waals surface area (Å²) < 4.78 is 39.8. The Morgan fingerprint density at radius 3 is 1.90 bits per heavy atom. The van der Waals surface area contributed by atoms with Crippen LogP contribution in [-0.4, -0.2) is 85.6 Å². The molecule has 1 aliphatic heterocycles. The molecule has 2 amide bonds. The van der Waals surface area contributed by atoms with Gasteiger partial charge in [-0.25, -0.2) is 8.78 Å². The van der Waals surface area contributed by atoms with Gasteiger partial charge in [0.25, 0.3) is 0 Å². The van der Waals surface area contributed by atoms with Crippen molar-refractivity contribution < 1.29 is 27.8 Å². The van der Waals surface area contributed by atoms with Crippen LogP contribution in [0.1, 0.15) is 52.4 Å². The quantitative estimate of drug-likeness (QED) is 0.688. The highest BCUT2D eigenvalue weighted by Gasteiger charge is 2.44. The average Bonchev–Trinajstić information content (AvgIpc) is 2.72. The summed E-state index contributed by atoms with van der Waals surface area (Å²) in [5, 5.41) is 0. The largest absolute Gasteiger partial charge is 0.381 e. The summed E-state index contributed by atoms with van der Waals surface area (Å²) in [6.07, 6.45) is 0.162. The van der Waals surface area contributed by atoms with E-state index in [1.54, 1.807) is 24.0 Å². The van der Waals surface area contributed by atoms with Gasteiger partial charge in [-0.1, -0.05) is 0 Å². The van der Waals surface area contributed by atoms with Gasteiger partial charge in [0.2, 0.25) is 11.8 Å². The molecule has 3 fully saturated rings. The summed E-state index contributed by atoms with van der Waals surface area (Å²) >= 11 is 0. The Kier molecular flexibility index (Phi) is 7.71. The topological polar surface area (TPSA) is 59.1 Å². The van der Waals surface area contributed by atoms with Gasteiger partial charge in [-0.05, 0) is 46.0 Å². The second kappa shape index (κ2) is 9.90. The second-order valence-corrected chi connectivity index (χ2v) is 9.27. The minimum absolute atomic E-state index is 0.0943. The Hall–Kier alpha value is -1.28. The highest BCUT2D eigenvalue weighted by molar-refractivity contribution is 5.82. The maximum absolute atomic E-state index is 14.6. The zero-order valence-corrected chi connectivity index (χ0v) is 18.6. The number of alkyl halides is 2. The van der Waals surface area contributed by atoms with E-state index in [0.29, 0.717) is 45.2 Å². The van der Waals surface area contributed by atoms with Gasteiger partial charge in [-0.2, -0.15) is 0 Å². The van der Waals surface area contributed by atoms with E-state index in [1.807, 2.05) is 13.8 Å². The smallest absolute Gasteiger partial charge is 0.229 e. The van der Waals surface area contributed by atoms with Crippen LogP contribution in [-0.2, 0) is 19.1 Å². The van der Waals surface area contributed by atoms with Crippen molar-refractivity contribution in [2.24, 2.45) is 11.8 Å². The van der Waals surface area contributed by atoms with E-state index < -0.39 is 24.2 Å². The van der Waals surface area contributed by atoms with Crippen LogP contribution in [0.4, 0.5) is 8.78 Å². The monoisotopic (exact) mass is 430 g/mol. The summed E-state index contributed by atoms with van der Waals surface area (Å²) in [5.74, 6) is -1.71. The Morgan fingerprint density at radius 1 is 0.767 bits per heavy atom. The number of amides is 2. The predicted molar refractivity (Wildman–Crippen MR) is 108 cm³/mol. The maximum Gasteiger partial charge on any atom is 0.229 e. The van der Waals surface area contributed by atoms with Crippen LogP contribution in [0.25, 0.3) is 0 Å². The number of hydrogen-bond donors (Lipinski definition) is 0. The fraction of sp³-hybridized carbons (Fsp3) is 0.909. The van der Waals surface area contributed by atoms with Crippen LogP contribution in [0.2, 0.25) is 0 Å². The molecule has 6 nitrogen and oxygen atoms in total. The minimum Gasteiger partial charge on any atom is -0.381 e. The first-order chi connectivity index (χ1) is 14.3. The summed E-state index contributed by atoms with van der Waals surface area (Å²) in [7, 11) is 3.17. The number of nitrogens with zero attached hydrogens (tertiary/aromatic N) is 2. The average molecular weight is 431 g/mol. The molecule has 1 saturated heterocycles. The Balaban J connectivity index is 1.63. The van der Waals surface area contributed by atoms with Gasteiger partial charge >= 0.3 is 0 Å². The van der Waals surface area contributed by atoms with Gasteiger partial charge in [-0.3, -0.25) is 9.59 Å². The first-order valence-corrected chi connectivity index (χ1v) is 11.2. The molecular weight excluding hydrogens is 394 g/mol. The first kappa shape index (κ1) is 23.4. The van der Waals surface area contributed by atoms with Crippen LogP contribution in [0.3, 0.4) is 0 Å². The molecule has 0 bridgehead atoms. The fourth-order valence-electron chi connectivity index (χ4n) is 5.50. The number of carbonyl (C=O) groups excluding carboxylic acids is 2. The van der Waals surface area contributed by atoms with Crippen LogP contribution in [0, 0.1) is 11.8 Å². The van der Waals surface area contributed by atoms with Gasteiger partial charge in [-0.15, -0.1) is 0 Å². The zero-order valence-electron chi connectivity index (χ0n) is 18.6. The van der Waals surface area contributed by atoms with Crippen LogP contribution < -0.4 is 0 Å². The number of halogens is 2. The Labute approximate surface area is 178 Å². The maximum atomic E-state index is 14.6.